The van der Waals surface area contributed by atoms with Gasteiger partial charge in [-0.1, -0.05) is 30.3 Å². The van der Waals surface area contributed by atoms with Gasteiger partial charge in [0, 0.05) is 6.61 Å². The molecule has 25 heavy (non-hydrogen) atoms. The molecule has 1 amide bonds. The molecular formula is C18H27NO6. The van der Waals surface area contributed by atoms with E-state index < -0.39 is 29.8 Å². The molecule has 7 heteroatoms. The maximum Gasteiger partial charge on any atom is 0.408 e. The maximum absolute atomic E-state index is 12.1. The molecule has 0 fully saturated rings. The molecule has 0 heterocycles. The Hall–Kier alpha value is -2.12. The Bertz CT molecular complexity index is 540. The molecule has 0 saturated carbocycles. The van der Waals surface area contributed by atoms with E-state index in [0.717, 1.165) is 0 Å². The van der Waals surface area contributed by atoms with Crippen LogP contribution in [0, 0.1) is 0 Å². The molecule has 2 atom stereocenters. The predicted molar refractivity (Wildman–Crippen MR) is 92.4 cm³/mol. The lowest BCUT2D eigenvalue weighted by Crippen LogP contribution is -2.44. The van der Waals surface area contributed by atoms with Crippen molar-refractivity contribution in [1.29, 1.82) is 0 Å². The van der Waals surface area contributed by atoms with Crippen LogP contribution in [0.4, 0.5) is 4.79 Å². The van der Waals surface area contributed by atoms with Crippen LogP contribution in [-0.2, 0) is 19.0 Å². The first-order valence-electron chi connectivity index (χ1n) is 8.21. The van der Waals surface area contributed by atoms with Gasteiger partial charge >= 0.3 is 12.1 Å². The molecule has 1 aromatic carbocycles. The Kier molecular flexibility index (Phi) is 8.37. The second kappa shape index (κ2) is 10.0. The van der Waals surface area contributed by atoms with E-state index in [-0.39, 0.29) is 13.2 Å². The number of hydrogen-bond acceptors (Lipinski definition) is 5. The van der Waals surface area contributed by atoms with Crippen LogP contribution in [0.2, 0.25) is 0 Å². The Morgan fingerprint density at radius 3 is 2.32 bits per heavy atom. The fraction of sp³-hybridized carbons (Fsp3) is 0.556. The molecule has 0 bridgehead atoms. The molecule has 0 aliphatic carbocycles. The SMILES string of the molecule is CCOCCOC(C(=O)O)C(NC(=O)OC(C)(C)C)c1ccccc1. The summed E-state index contributed by atoms with van der Waals surface area (Å²) in [6, 6.07) is 7.89. The van der Waals surface area contributed by atoms with Crippen LogP contribution in [0.15, 0.2) is 30.3 Å². The molecule has 1 aromatic rings. The van der Waals surface area contributed by atoms with Gasteiger partial charge in [-0.2, -0.15) is 0 Å². The summed E-state index contributed by atoms with van der Waals surface area (Å²) < 4.78 is 15.9. The largest absolute Gasteiger partial charge is 0.479 e. The van der Waals surface area contributed by atoms with Gasteiger partial charge in [-0.3, -0.25) is 0 Å². The average Bonchev–Trinajstić information content (AvgIpc) is 2.52. The van der Waals surface area contributed by atoms with Crippen LogP contribution in [0.25, 0.3) is 0 Å². The van der Waals surface area contributed by atoms with Crippen molar-refractivity contribution >= 4 is 12.1 Å². The van der Waals surface area contributed by atoms with E-state index in [0.29, 0.717) is 12.2 Å². The van der Waals surface area contributed by atoms with E-state index in [2.05, 4.69) is 5.32 Å². The van der Waals surface area contributed by atoms with Crippen LogP contribution in [0.1, 0.15) is 39.3 Å². The van der Waals surface area contributed by atoms with Crippen molar-refractivity contribution in [3.8, 4) is 0 Å². The Balaban J connectivity index is 2.94. The zero-order valence-corrected chi connectivity index (χ0v) is 15.2. The number of amides is 1. The van der Waals surface area contributed by atoms with Crippen LogP contribution in [-0.4, -0.2) is 48.7 Å². The standard InChI is InChI=1S/C18H27NO6/c1-5-23-11-12-24-15(16(20)21)14(13-9-7-6-8-10-13)19-17(22)25-18(2,3)4/h6-10,14-15H,5,11-12H2,1-4H3,(H,19,22)(H,20,21). The first-order chi connectivity index (χ1) is 11.7. The monoisotopic (exact) mass is 353 g/mol. The van der Waals surface area contributed by atoms with Gasteiger partial charge in [0.15, 0.2) is 6.10 Å². The first-order valence-corrected chi connectivity index (χ1v) is 8.21. The molecule has 0 spiro atoms. The van der Waals surface area contributed by atoms with Gasteiger partial charge in [-0.15, -0.1) is 0 Å². The van der Waals surface area contributed by atoms with Crippen molar-refractivity contribution in [3.63, 3.8) is 0 Å². The van der Waals surface area contributed by atoms with Crippen LogP contribution in [0.5, 0.6) is 0 Å². The minimum Gasteiger partial charge on any atom is -0.479 e. The van der Waals surface area contributed by atoms with Crippen molar-refractivity contribution < 1.29 is 28.9 Å². The van der Waals surface area contributed by atoms with Gasteiger partial charge in [0.25, 0.3) is 0 Å². The highest BCUT2D eigenvalue weighted by Gasteiger charge is 2.33. The summed E-state index contributed by atoms with van der Waals surface area (Å²) in [6.07, 6.45) is -1.98. The number of aliphatic carboxylic acids is 1. The zero-order chi connectivity index (χ0) is 18.9. The summed E-state index contributed by atoms with van der Waals surface area (Å²) in [7, 11) is 0. The molecule has 2 N–H and O–H groups in total. The molecule has 0 radical (unpaired) electrons. The van der Waals surface area contributed by atoms with E-state index in [9.17, 15) is 14.7 Å². The number of alkyl carbamates (subject to hydrolysis) is 1. The smallest absolute Gasteiger partial charge is 0.408 e. The summed E-state index contributed by atoms with van der Waals surface area (Å²) in [6.45, 7) is 7.93. The highest BCUT2D eigenvalue weighted by atomic mass is 16.6. The van der Waals surface area contributed by atoms with E-state index in [1.165, 1.54) is 0 Å². The predicted octanol–water partition coefficient (Wildman–Crippen LogP) is 2.76. The van der Waals surface area contributed by atoms with Crippen LogP contribution >= 0.6 is 0 Å². The van der Waals surface area contributed by atoms with Gasteiger partial charge in [0.05, 0.1) is 19.3 Å². The number of carbonyl (C=O) groups excluding carboxylic acids is 1. The lowest BCUT2D eigenvalue weighted by Gasteiger charge is -2.27. The molecule has 0 saturated heterocycles. The minimum atomic E-state index is -1.27. The molecule has 7 nitrogen and oxygen atoms in total. The number of carboxylic acids is 1. The van der Waals surface area contributed by atoms with E-state index in [1.807, 2.05) is 6.92 Å². The number of carboxylic acid groups (broad SMARTS) is 1. The van der Waals surface area contributed by atoms with Crippen molar-refractivity contribution in [2.45, 2.75) is 45.4 Å². The highest BCUT2D eigenvalue weighted by Crippen LogP contribution is 2.21. The fourth-order valence-corrected chi connectivity index (χ4v) is 2.12. The third kappa shape index (κ3) is 8.00. The molecule has 1 rings (SSSR count). The summed E-state index contributed by atoms with van der Waals surface area (Å²) in [4.78, 5) is 23.8. The van der Waals surface area contributed by atoms with Crippen molar-refractivity contribution in [3.05, 3.63) is 35.9 Å². The van der Waals surface area contributed by atoms with Crippen molar-refractivity contribution in [2.24, 2.45) is 0 Å². The normalized spacial score (nSPS) is 13.8. The number of hydrogen-bond donors (Lipinski definition) is 2. The van der Waals surface area contributed by atoms with Gasteiger partial charge < -0.3 is 24.6 Å². The second-order valence-corrected chi connectivity index (χ2v) is 6.36. The van der Waals surface area contributed by atoms with Gasteiger partial charge in [0.1, 0.15) is 5.60 Å². The minimum absolute atomic E-state index is 0.101. The molecule has 140 valence electrons. The third-order valence-corrected chi connectivity index (χ3v) is 3.11. The fourth-order valence-electron chi connectivity index (χ4n) is 2.12. The number of carbonyl (C=O) groups is 2. The van der Waals surface area contributed by atoms with E-state index >= 15 is 0 Å². The van der Waals surface area contributed by atoms with Crippen molar-refractivity contribution in [2.75, 3.05) is 19.8 Å². The molecular weight excluding hydrogens is 326 g/mol. The lowest BCUT2D eigenvalue weighted by atomic mass is 10.0. The molecule has 0 aliphatic rings. The second-order valence-electron chi connectivity index (χ2n) is 6.36. The quantitative estimate of drug-likeness (QED) is 0.663. The molecule has 0 aromatic heterocycles. The Labute approximate surface area is 148 Å². The lowest BCUT2D eigenvalue weighted by molar-refractivity contribution is -0.153. The Morgan fingerprint density at radius 2 is 1.80 bits per heavy atom. The number of benzene rings is 1. The third-order valence-electron chi connectivity index (χ3n) is 3.11. The molecule has 2 unspecified atom stereocenters. The average molecular weight is 353 g/mol. The van der Waals surface area contributed by atoms with Gasteiger partial charge in [-0.25, -0.2) is 9.59 Å². The number of ether oxygens (including phenoxy) is 3. The van der Waals surface area contributed by atoms with Crippen molar-refractivity contribution in [1.82, 2.24) is 5.32 Å². The summed E-state index contributed by atoms with van der Waals surface area (Å²) in [5, 5.41) is 12.2. The number of rotatable bonds is 9. The first kappa shape index (κ1) is 20.9. The zero-order valence-electron chi connectivity index (χ0n) is 15.2. The highest BCUT2D eigenvalue weighted by molar-refractivity contribution is 5.76. The van der Waals surface area contributed by atoms with E-state index in [1.54, 1.807) is 51.1 Å². The molecule has 0 aliphatic heterocycles. The maximum atomic E-state index is 12.1. The summed E-state index contributed by atoms with van der Waals surface area (Å²) in [5.41, 5.74) is -0.0861. The van der Waals surface area contributed by atoms with Gasteiger partial charge in [0.2, 0.25) is 0 Å². The Morgan fingerprint density at radius 1 is 1.16 bits per heavy atom. The van der Waals surface area contributed by atoms with E-state index in [4.69, 9.17) is 14.2 Å². The van der Waals surface area contributed by atoms with Crippen LogP contribution in [0.3, 0.4) is 0 Å². The van der Waals surface area contributed by atoms with Gasteiger partial charge in [-0.05, 0) is 33.3 Å². The topological polar surface area (TPSA) is 94.1 Å². The van der Waals surface area contributed by atoms with Crippen LogP contribution < -0.4 is 5.32 Å². The summed E-state index contributed by atoms with van der Waals surface area (Å²) >= 11 is 0. The summed E-state index contributed by atoms with van der Waals surface area (Å²) in [5.74, 6) is -1.18. The number of nitrogens with one attached hydrogen (secondary N) is 1.